The van der Waals surface area contributed by atoms with Crippen LogP contribution in [0.5, 0.6) is 11.5 Å². The molecule has 17 heavy (non-hydrogen) atoms. The molecule has 0 saturated carbocycles. The highest BCUT2D eigenvalue weighted by Crippen LogP contribution is 2.30. The average molecular weight is 228 g/mol. The number of aryl methyl sites for hydroxylation is 2. The summed E-state index contributed by atoms with van der Waals surface area (Å²) in [5, 5.41) is 9.75. The molecule has 0 aliphatic carbocycles. The van der Waals surface area contributed by atoms with Crippen molar-refractivity contribution in [3.05, 3.63) is 47.5 Å². The predicted molar refractivity (Wildman–Crippen MR) is 69.6 cm³/mol. The minimum Gasteiger partial charge on any atom is -0.507 e. The summed E-state index contributed by atoms with van der Waals surface area (Å²) >= 11 is 0. The second kappa shape index (κ2) is 4.50. The number of phenolic OH excluding ortho intramolecular Hbond substituents is 1. The molecule has 0 aliphatic rings. The maximum Gasteiger partial charge on any atom is 0.121 e. The molecule has 0 bridgehead atoms. The molecule has 0 aliphatic heterocycles. The molecular formula is C15H16O2. The van der Waals surface area contributed by atoms with E-state index >= 15 is 0 Å². The highest BCUT2D eigenvalue weighted by Gasteiger charge is 2.05. The molecular weight excluding hydrogens is 212 g/mol. The van der Waals surface area contributed by atoms with Crippen molar-refractivity contribution in [2.75, 3.05) is 7.11 Å². The number of hydrogen-bond acceptors (Lipinski definition) is 2. The highest BCUT2D eigenvalue weighted by atomic mass is 16.5. The van der Waals surface area contributed by atoms with Gasteiger partial charge in [0.05, 0.1) is 7.11 Å². The first-order valence-electron chi connectivity index (χ1n) is 5.56. The van der Waals surface area contributed by atoms with Crippen LogP contribution in [0.2, 0.25) is 0 Å². The van der Waals surface area contributed by atoms with E-state index in [4.69, 9.17) is 4.74 Å². The Bertz CT molecular complexity index is 521. The second-order valence-electron chi connectivity index (χ2n) is 4.19. The minimum absolute atomic E-state index is 0.372. The molecule has 0 radical (unpaired) electrons. The lowest BCUT2D eigenvalue weighted by molar-refractivity contribution is 0.415. The number of methoxy groups -OCH3 is 1. The van der Waals surface area contributed by atoms with Crippen LogP contribution in [0.3, 0.4) is 0 Å². The van der Waals surface area contributed by atoms with Crippen LogP contribution in [-0.4, -0.2) is 12.2 Å². The maximum absolute atomic E-state index is 9.75. The van der Waals surface area contributed by atoms with Gasteiger partial charge in [0.15, 0.2) is 0 Å². The van der Waals surface area contributed by atoms with Crippen LogP contribution in [0.25, 0.3) is 11.1 Å². The molecule has 0 aromatic heterocycles. The number of benzene rings is 2. The number of aromatic hydroxyl groups is 1. The van der Waals surface area contributed by atoms with Gasteiger partial charge in [-0.05, 0) is 60.4 Å². The predicted octanol–water partition coefficient (Wildman–Crippen LogP) is 3.68. The Hall–Kier alpha value is -1.96. The van der Waals surface area contributed by atoms with Crippen LogP contribution in [0.15, 0.2) is 36.4 Å². The van der Waals surface area contributed by atoms with Crippen molar-refractivity contribution in [1.29, 1.82) is 0 Å². The fourth-order valence-electron chi connectivity index (χ4n) is 1.93. The van der Waals surface area contributed by atoms with Crippen molar-refractivity contribution in [2.24, 2.45) is 0 Å². The minimum atomic E-state index is 0.372. The Morgan fingerprint density at radius 1 is 0.941 bits per heavy atom. The summed E-state index contributed by atoms with van der Waals surface area (Å²) in [7, 11) is 1.66. The second-order valence-corrected chi connectivity index (χ2v) is 4.19. The molecule has 0 unspecified atom stereocenters. The van der Waals surface area contributed by atoms with Crippen LogP contribution >= 0.6 is 0 Å². The van der Waals surface area contributed by atoms with Crippen molar-refractivity contribution >= 4 is 0 Å². The van der Waals surface area contributed by atoms with E-state index in [1.807, 2.05) is 50.2 Å². The summed E-state index contributed by atoms with van der Waals surface area (Å²) in [6.07, 6.45) is 0. The SMILES string of the molecule is COc1cccc(-c2cc(C)c(O)c(C)c2)c1. The van der Waals surface area contributed by atoms with Crippen molar-refractivity contribution in [3.8, 4) is 22.6 Å². The standard InChI is InChI=1S/C15H16O2/c1-10-7-13(8-11(2)15(10)16)12-5-4-6-14(9-12)17-3/h4-9,16H,1-3H3. The van der Waals surface area contributed by atoms with Crippen molar-refractivity contribution < 1.29 is 9.84 Å². The molecule has 0 heterocycles. The molecule has 2 aromatic rings. The molecule has 2 heteroatoms. The lowest BCUT2D eigenvalue weighted by atomic mass is 10.00. The highest BCUT2D eigenvalue weighted by molar-refractivity contribution is 5.68. The van der Waals surface area contributed by atoms with E-state index in [1.54, 1.807) is 7.11 Å². The van der Waals surface area contributed by atoms with Gasteiger partial charge in [0.2, 0.25) is 0 Å². The molecule has 2 rings (SSSR count). The smallest absolute Gasteiger partial charge is 0.121 e. The molecule has 0 saturated heterocycles. The number of phenols is 1. The lowest BCUT2D eigenvalue weighted by Crippen LogP contribution is -1.86. The largest absolute Gasteiger partial charge is 0.507 e. The Kier molecular flexibility index (Phi) is 3.05. The van der Waals surface area contributed by atoms with Gasteiger partial charge in [-0.25, -0.2) is 0 Å². The zero-order chi connectivity index (χ0) is 12.4. The zero-order valence-corrected chi connectivity index (χ0v) is 10.3. The van der Waals surface area contributed by atoms with Crippen LogP contribution in [0.1, 0.15) is 11.1 Å². The number of ether oxygens (including phenoxy) is 1. The summed E-state index contributed by atoms with van der Waals surface area (Å²) < 4.78 is 5.21. The Labute approximate surface area is 101 Å². The van der Waals surface area contributed by atoms with Gasteiger partial charge in [0.25, 0.3) is 0 Å². The molecule has 2 aromatic carbocycles. The molecule has 88 valence electrons. The van der Waals surface area contributed by atoms with Gasteiger partial charge in [-0.3, -0.25) is 0 Å². The first-order valence-corrected chi connectivity index (χ1v) is 5.56. The normalized spacial score (nSPS) is 10.3. The van der Waals surface area contributed by atoms with Crippen molar-refractivity contribution in [1.82, 2.24) is 0 Å². The van der Waals surface area contributed by atoms with Gasteiger partial charge in [-0.2, -0.15) is 0 Å². The summed E-state index contributed by atoms with van der Waals surface area (Å²) in [5.41, 5.74) is 3.97. The van der Waals surface area contributed by atoms with E-state index in [9.17, 15) is 5.11 Å². The maximum atomic E-state index is 9.75. The Morgan fingerprint density at radius 3 is 2.18 bits per heavy atom. The molecule has 2 nitrogen and oxygen atoms in total. The number of hydrogen-bond donors (Lipinski definition) is 1. The van der Waals surface area contributed by atoms with E-state index < -0.39 is 0 Å². The van der Waals surface area contributed by atoms with E-state index in [0.29, 0.717) is 5.75 Å². The fourth-order valence-corrected chi connectivity index (χ4v) is 1.93. The third-order valence-electron chi connectivity index (χ3n) is 2.89. The van der Waals surface area contributed by atoms with Gasteiger partial charge in [0.1, 0.15) is 11.5 Å². The van der Waals surface area contributed by atoms with E-state index in [2.05, 4.69) is 0 Å². The molecule has 0 atom stereocenters. The van der Waals surface area contributed by atoms with Crippen molar-refractivity contribution in [2.45, 2.75) is 13.8 Å². The lowest BCUT2D eigenvalue weighted by Gasteiger charge is -2.09. The van der Waals surface area contributed by atoms with E-state index in [1.165, 1.54) is 0 Å². The average Bonchev–Trinajstić information content (AvgIpc) is 2.35. The molecule has 0 fully saturated rings. The molecule has 1 N–H and O–H groups in total. The molecule has 0 spiro atoms. The topological polar surface area (TPSA) is 29.5 Å². The summed E-state index contributed by atoms with van der Waals surface area (Å²) in [5.74, 6) is 1.21. The van der Waals surface area contributed by atoms with Gasteiger partial charge >= 0.3 is 0 Å². The fraction of sp³-hybridized carbons (Fsp3) is 0.200. The summed E-state index contributed by atoms with van der Waals surface area (Å²) in [6.45, 7) is 3.82. The van der Waals surface area contributed by atoms with Crippen LogP contribution in [0, 0.1) is 13.8 Å². The first kappa shape index (κ1) is 11.5. The summed E-state index contributed by atoms with van der Waals surface area (Å²) in [4.78, 5) is 0. The van der Waals surface area contributed by atoms with Gasteiger partial charge in [0, 0.05) is 0 Å². The Morgan fingerprint density at radius 2 is 1.59 bits per heavy atom. The van der Waals surface area contributed by atoms with Gasteiger partial charge < -0.3 is 9.84 Å². The third-order valence-corrected chi connectivity index (χ3v) is 2.89. The monoisotopic (exact) mass is 228 g/mol. The van der Waals surface area contributed by atoms with E-state index in [0.717, 1.165) is 28.0 Å². The van der Waals surface area contributed by atoms with Crippen LogP contribution in [-0.2, 0) is 0 Å². The Balaban J connectivity index is 2.52. The molecule has 0 amide bonds. The van der Waals surface area contributed by atoms with Gasteiger partial charge in [-0.15, -0.1) is 0 Å². The van der Waals surface area contributed by atoms with Crippen molar-refractivity contribution in [3.63, 3.8) is 0 Å². The zero-order valence-electron chi connectivity index (χ0n) is 10.3. The van der Waals surface area contributed by atoms with Crippen LogP contribution in [0.4, 0.5) is 0 Å². The quantitative estimate of drug-likeness (QED) is 0.849. The van der Waals surface area contributed by atoms with Gasteiger partial charge in [-0.1, -0.05) is 12.1 Å². The first-order chi connectivity index (χ1) is 8.11. The summed E-state index contributed by atoms with van der Waals surface area (Å²) in [6, 6.07) is 11.9. The number of rotatable bonds is 2. The third kappa shape index (κ3) is 2.26. The van der Waals surface area contributed by atoms with E-state index in [-0.39, 0.29) is 0 Å². The van der Waals surface area contributed by atoms with Crippen LogP contribution < -0.4 is 4.74 Å².